The number of fused-ring (bicyclic) bond motifs is 1. The molecule has 1 aromatic carbocycles. The van der Waals surface area contributed by atoms with Crippen molar-refractivity contribution in [3.05, 3.63) is 27.4 Å². The van der Waals surface area contributed by atoms with Crippen LogP contribution < -0.4 is 20.9 Å². The van der Waals surface area contributed by atoms with Gasteiger partial charge in [0, 0.05) is 59.6 Å². The van der Waals surface area contributed by atoms with E-state index >= 15 is 0 Å². The van der Waals surface area contributed by atoms with Crippen LogP contribution >= 0.6 is 31.9 Å². The molecule has 3 heterocycles. The minimum atomic E-state index is 0.478. The molecule has 12 heteroatoms. The number of nitrogens with one attached hydrogen (secondary N) is 3. The molecular formula is C22H28Br2N10. The van der Waals surface area contributed by atoms with Crippen molar-refractivity contribution in [1.82, 2.24) is 29.8 Å². The van der Waals surface area contributed by atoms with Crippen molar-refractivity contribution < 1.29 is 0 Å². The second kappa shape index (κ2) is 10.5. The number of rotatable bonds is 9. The first-order valence-electron chi connectivity index (χ1n) is 11.7. The predicted octanol–water partition coefficient (Wildman–Crippen LogP) is 3.58. The maximum Gasteiger partial charge on any atom is 0.232 e. The summed E-state index contributed by atoms with van der Waals surface area (Å²) in [6.45, 7) is 8.47. The van der Waals surface area contributed by atoms with Gasteiger partial charge in [-0.25, -0.2) is 9.97 Å². The Morgan fingerprint density at radius 2 is 1.71 bits per heavy atom. The molecule has 0 unspecified atom stereocenters. The Morgan fingerprint density at radius 3 is 2.47 bits per heavy atom. The van der Waals surface area contributed by atoms with Crippen LogP contribution in [-0.2, 0) is 0 Å². The summed E-state index contributed by atoms with van der Waals surface area (Å²) in [7, 11) is 0. The Bertz CT molecular complexity index is 1150. The molecule has 0 radical (unpaired) electrons. The van der Waals surface area contributed by atoms with Gasteiger partial charge in [-0.2, -0.15) is 15.0 Å². The summed E-state index contributed by atoms with van der Waals surface area (Å²) in [5.74, 6) is 2.76. The third kappa shape index (κ3) is 5.66. The zero-order chi connectivity index (χ0) is 23.5. The molecule has 10 nitrogen and oxygen atoms in total. The van der Waals surface area contributed by atoms with E-state index in [1.807, 2.05) is 12.1 Å². The molecule has 0 amide bonds. The number of aromatic nitrogens is 5. The molecule has 0 bridgehead atoms. The largest absolute Gasteiger partial charge is 0.368 e. The van der Waals surface area contributed by atoms with Crippen LogP contribution in [0.1, 0.15) is 19.8 Å². The van der Waals surface area contributed by atoms with Gasteiger partial charge in [0.2, 0.25) is 17.8 Å². The fourth-order valence-corrected chi connectivity index (χ4v) is 5.24. The minimum Gasteiger partial charge on any atom is -0.368 e. The highest BCUT2D eigenvalue weighted by atomic mass is 79.9. The fraction of sp³-hybridized carbons (Fsp3) is 0.500. The van der Waals surface area contributed by atoms with E-state index in [4.69, 9.17) is 9.97 Å². The molecule has 2 aliphatic rings. The molecule has 1 aliphatic heterocycles. The molecule has 5 rings (SSSR count). The van der Waals surface area contributed by atoms with Crippen molar-refractivity contribution in [2.45, 2.75) is 25.8 Å². The van der Waals surface area contributed by atoms with Gasteiger partial charge in [-0.1, -0.05) is 22.9 Å². The maximum atomic E-state index is 4.72. The molecule has 2 fully saturated rings. The zero-order valence-corrected chi connectivity index (χ0v) is 22.2. The third-order valence-corrected chi connectivity index (χ3v) is 7.06. The lowest BCUT2D eigenvalue weighted by molar-refractivity contribution is 0.270. The average Bonchev–Trinajstić information content (AvgIpc) is 3.66. The van der Waals surface area contributed by atoms with E-state index in [1.54, 1.807) is 6.33 Å². The normalized spacial score (nSPS) is 16.6. The number of halogens is 2. The van der Waals surface area contributed by atoms with E-state index in [2.05, 4.69) is 79.5 Å². The average molecular weight is 592 g/mol. The van der Waals surface area contributed by atoms with Gasteiger partial charge >= 0.3 is 0 Å². The topological polar surface area (TPSA) is 107 Å². The van der Waals surface area contributed by atoms with Gasteiger partial charge in [0.15, 0.2) is 0 Å². The molecule has 1 aliphatic carbocycles. The number of nitrogens with zero attached hydrogens (tertiary/aromatic N) is 7. The first kappa shape index (κ1) is 23.4. The third-order valence-electron chi connectivity index (χ3n) is 5.99. The van der Waals surface area contributed by atoms with Crippen molar-refractivity contribution >= 4 is 66.4 Å². The summed E-state index contributed by atoms with van der Waals surface area (Å²) in [5, 5.41) is 11.1. The maximum absolute atomic E-state index is 4.72. The van der Waals surface area contributed by atoms with Crippen molar-refractivity contribution in [3.63, 3.8) is 0 Å². The van der Waals surface area contributed by atoms with E-state index in [-0.39, 0.29) is 0 Å². The molecule has 180 valence electrons. The first-order chi connectivity index (χ1) is 16.6. The first-order valence-corrected chi connectivity index (χ1v) is 13.2. The number of hydrogen-bond acceptors (Lipinski definition) is 10. The van der Waals surface area contributed by atoms with Gasteiger partial charge in [0.05, 0.1) is 5.52 Å². The quantitative estimate of drug-likeness (QED) is 0.320. The van der Waals surface area contributed by atoms with E-state index in [0.29, 0.717) is 31.0 Å². The predicted molar refractivity (Wildman–Crippen MR) is 143 cm³/mol. The van der Waals surface area contributed by atoms with Crippen LogP contribution in [0.15, 0.2) is 27.4 Å². The summed E-state index contributed by atoms with van der Waals surface area (Å²) >= 11 is 7.12. The van der Waals surface area contributed by atoms with Gasteiger partial charge in [0.25, 0.3) is 0 Å². The molecule has 2 aromatic heterocycles. The summed E-state index contributed by atoms with van der Waals surface area (Å²) < 4.78 is 1.89. The van der Waals surface area contributed by atoms with Crippen molar-refractivity contribution in [2.24, 2.45) is 0 Å². The fourth-order valence-electron chi connectivity index (χ4n) is 3.91. The molecule has 1 saturated carbocycles. The Hall–Kier alpha value is -2.31. The Balaban J connectivity index is 1.25. The van der Waals surface area contributed by atoms with Gasteiger partial charge in [-0.05, 0) is 47.4 Å². The number of benzene rings is 1. The summed E-state index contributed by atoms with van der Waals surface area (Å²) in [6.07, 6.45) is 3.91. The molecular weight excluding hydrogens is 564 g/mol. The van der Waals surface area contributed by atoms with Crippen molar-refractivity contribution in [2.75, 3.05) is 66.7 Å². The van der Waals surface area contributed by atoms with Gasteiger partial charge in [-0.3, -0.25) is 0 Å². The second-order valence-electron chi connectivity index (χ2n) is 8.48. The van der Waals surface area contributed by atoms with Crippen LogP contribution in [0, 0.1) is 0 Å². The van der Waals surface area contributed by atoms with E-state index in [1.165, 1.54) is 12.8 Å². The van der Waals surface area contributed by atoms with E-state index < -0.39 is 0 Å². The summed E-state index contributed by atoms with van der Waals surface area (Å²) in [5.41, 5.74) is 0.870. The number of piperazine rings is 1. The molecule has 1 saturated heterocycles. The Kier molecular flexibility index (Phi) is 7.26. The van der Waals surface area contributed by atoms with Gasteiger partial charge in [0.1, 0.15) is 12.1 Å². The number of anilines is 4. The molecule has 0 spiro atoms. The van der Waals surface area contributed by atoms with E-state index in [0.717, 1.165) is 64.3 Å². The lowest BCUT2D eigenvalue weighted by Crippen LogP contribution is -2.46. The summed E-state index contributed by atoms with van der Waals surface area (Å²) in [4.78, 5) is 27.5. The highest BCUT2D eigenvalue weighted by molar-refractivity contribution is 9.11. The highest BCUT2D eigenvalue weighted by Crippen LogP contribution is 2.30. The number of hydrogen-bond donors (Lipinski definition) is 3. The van der Waals surface area contributed by atoms with Crippen LogP contribution in [0.5, 0.6) is 0 Å². The Labute approximate surface area is 215 Å². The zero-order valence-electron chi connectivity index (χ0n) is 19.1. The lowest BCUT2D eigenvalue weighted by Gasteiger charge is -2.34. The Morgan fingerprint density at radius 1 is 0.941 bits per heavy atom. The molecule has 0 atom stereocenters. The van der Waals surface area contributed by atoms with Crippen LogP contribution in [0.4, 0.5) is 23.7 Å². The molecule has 3 N–H and O–H groups in total. The van der Waals surface area contributed by atoms with Crippen LogP contribution in [-0.4, -0.2) is 81.7 Å². The lowest BCUT2D eigenvalue weighted by atomic mass is 10.2. The van der Waals surface area contributed by atoms with Crippen LogP contribution in [0.3, 0.4) is 0 Å². The minimum absolute atomic E-state index is 0.478. The number of likely N-dealkylation sites (N-methyl/N-ethyl adjacent to an activating group) is 1. The van der Waals surface area contributed by atoms with Crippen LogP contribution in [0.25, 0.3) is 10.9 Å². The smallest absolute Gasteiger partial charge is 0.232 e. The second-order valence-corrected chi connectivity index (χ2v) is 10.3. The van der Waals surface area contributed by atoms with Gasteiger partial charge in [-0.15, -0.1) is 0 Å². The van der Waals surface area contributed by atoms with E-state index in [9.17, 15) is 0 Å². The van der Waals surface area contributed by atoms with Crippen molar-refractivity contribution in [1.29, 1.82) is 0 Å². The van der Waals surface area contributed by atoms with Crippen molar-refractivity contribution in [3.8, 4) is 0 Å². The molecule has 34 heavy (non-hydrogen) atoms. The van der Waals surface area contributed by atoms with Gasteiger partial charge < -0.3 is 25.8 Å². The molecule has 3 aromatic rings. The standard InChI is InChI=1S/C22H28Br2N10/c1-2-33-7-9-34(10-8-33)22-31-20(30-21(32-22)29-15-3-4-15)26-6-5-25-19-16-11-14(23)12-17(24)18(16)27-13-28-19/h11-13,15H,2-10H2,1H3,(H,25,27,28)(H2,26,29,30,31,32). The van der Waals surface area contributed by atoms with Crippen LogP contribution in [0.2, 0.25) is 0 Å². The highest BCUT2D eigenvalue weighted by Gasteiger charge is 2.24. The SMILES string of the molecule is CCN1CCN(c2nc(NCCNc3ncnc4c(Br)cc(Br)cc34)nc(NC3CC3)n2)CC1. The summed E-state index contributed by atoms with van der Waals surface area (Å²) in [6, 6.07) is 4.47. The monoisotopic (exact) mass is 590 g/mol.